The first-order valence-corrected chi connectivity index (χ1v) is 9.76. The minimum Gasteiger partial charge on any atom is -0.356 e. The fourth-order valence-electron chi connectivity index (χ4n) is 2.07. The molecule has 0 saturated carbocycles. The van der Waals surface area contributed by atoms with Crippen LogP contribution in [0.5, 0.6) is 0 Å². The van der Waals surface area contributed by atoms with Crippen LogP contribution in [0.3, 0.4) is 0 Å². The van der Waals surface area contributed by atoms with Crippen LogP contribution in [0.4, 0.5) is 0 Å². The Morgan fingerprint density at radius 3 is 2.46 bits per heavy atom. The van der Waals surface area contributed by atoms with Crippen molar-refractivity contribution >= 4 is 52.6 Å². The minimum atomic E-state index is 0. The lowest BCUT2D eigenvalue weighted by molar-refractivity contribution is 0.775. The van der Waals surface area contributed by atoms with E-state index in [1.54, 1.807) is 29.7 Å². The molecule has 0 spiro atoms. The van der Waals surface area contributed by atoms with Crippen LogP contribution >= 0.6 is 46.7 Å². The van der Waals surface area contributed by atoms with Crippen molar-refractivity contribution in [2.75, 3.05) is 20.1 Å². The van der Waals surface area contributed by atoms with E-state index in [-0.39, 0.29) is 24.0 Å². The number of guanidine groups is 1. The second-order valence-corrected chi connectivity index (χ2v) is 7.23. The van der Waals surface area contributed by atoms with E-state index in [1.807, 2.05) is 6.20 Å². The predicted molar refractivity (Wildman–Crippen MR) is 115 cm³/mol. The lowest BCUT2D eigenvalue weighted by Gasteiger charge is -2.10. The zero-order chi connectivity index (χ0) is 16.5. The molecule has 0 aromatic carbocycles. The van der Waals surface area contributed by atoms with Crippen LogP contribution < -0.4 is 10.6 Å². The van der Waals surface area contributed by atoms with E-state index in [2.05, 4.69) is 44.8 Å². The average Bonchev–Trinajstić information content (AvgIpc) is 3.22. The summed E-state index contributed by atoms with van der Waals surface area (Å²) in [5, 5.41) is 11.2. The van der Waals surface area contributed by atoms with E-state index < -0.39 is 0 Å². The van der Waals surface area contributed by atoms with E-state index in [9.17, 15) is 0 Å². The Morgan fingerprint density at radius 2 is 1.88 bits per heavy atom. The molecule has 2 rings (SSSR count). The molecule has 0 fully saturated rings. The second kappa shape index (κ2) is 11.8. The molecule has 2 N–H and O–H groups in total. The van der Waals surface area contributed by atoms with E-state index >= 15 is 0 Å². The van der Waals surface area contributed by atoms with Crippen molar-refractivity contribution in [3.05, 3.63) is 32.2 Å². The molecule has 0 amide bonds. The zero-order valence-corrected chi connectivity index (χ0v) is 18.4. The van der Waals surface area contributed by atoms with Gasteiger partial charge in [0.25, 0.3) is 0 Å². The Balaban J connectivity index is 0.00000288. The summed E-state index contributed by atoms with van der Waals surface area (Å²) in [6.45, 7) is 5.97. The van der Waals surface area contributed by atoms with E-state index in [0.29, 0.717) is 0 Å². The first kappa shape index (κ1) is 21.3. The summed E-state index contributed by atoms with van der Waals surface area (Å²) in [4.78, 5) is 14.6. The highest BCUT2D eigenvalue weighted by molar-refractivity contribution is 14.0. The number of hydrogen-bond donors (Lipinski definition) is 2. The first-order valence-electron chi connectivity index (χ1n) is 8.06. The normalized spacial score (nSPS) is 11.2. The van der Waals surface area contributed by atoms with E-state index in [4.69, 9.17) is 0 Å². The standard InChI is InChI=1S/C16H25N5S2.HI/c1-4-13-10-20-15(23-13)7-9-19-16(17-3)18-8-6-12-11-22-14(5-2)21-12;/h10-11H,4-9H2,1-3H3,(H2,17,18,19);1H. The number of aryl methyl sites for hydroxylation is 2. The molecule has 0 radical (unpaired) electrons. The van der Waals surface area contributed by atoms with Gasteiger partial charge in [-0.05, 0) is 12.8 Å². The van der Waals surface area contributed by atoms with Gasteiger partial charge in [-0.25, -0.2) is 9.97 Å². The number of rotatable bonds is 8. The maximum atomic E-state index is 4.57. The molecule has 2 aromatic heterocycles. The van der Waals surface area contributed by atoms with Gasteiger partial charge in [-0.2, -0.15) is 0 Å². The molecule has 0 unspecified atom stereocenters. The number of thiazole rings is 2. The van der Waals surface area contributed by atoms with Gasteiger partial charge in [-0.15, -0.1) is 46.7 Å². The van der Waals surface area contributed by atoms with Gasteiger partial charge in [0.05, 0.1) is 15.7 Å². The van der Waals surface area contributed by atoms with Crippen LogP contribution in [0.15, 0.2) is 16.6 Å². The highest BCUT2D eigenvalue weighted by atomic mass is 127. The molecule has 5 nitrogen and oxygen atoms in total. The quantitative estimate of drug-likeness (QED) is 0.347. The summed E-state index contributed by atoms with van der Waals surface area (Å²) in [6, 6.07) is 0. The molecule has 2 aromatic rings. The van der Waals surface area contributed by atoms with E-state index in [1.165, 1.54) is 14.9 Å². The summed E-state index contributed by atoms with van der Waals surface area (Å²) in [5.41, 5.74) is 1.16. The summed E-state index contributed by atoms with van der Waals surface area (Å²) < 4.78 is 0. The van der Waals surface area contributed by atoms with E-state index in [0.717, 1.165) is 50.4 Å². The second-order valence-electron chi connectivity index (χ2n) is 5.09. The van der Waals surface area contributed by atoms with Gasteiger partial charge in [0, 0.05) is 49.4 Å². The number of halogens is 1. The Hall–Kier alpha value is -0.740. The molecule has 0 aliphatic carbocycles. The number of hydrogen-bond acceptors (Lipinski definition) is 5. The maximum absolute atomic E-state index is 4.57. The minimum absolute atomic E-state index is 0. The molecule has 2 heterocycles. The van der Waals surface area contributed by atoms with Crippen LogP contribution in [0.25, 0.3) is 0 Å². The Morgan fingerprint density at radius 1 is 1.12 bits per heavy atom. The highest BCUT2D eigenvalue weighted by Gasteiger charge is 2.03. The molecule has 0 saturated heterocycles. The maximum Gasteiger partial charge on any atom is 0.191 e. The number of nitrogens with zero attached hydrogens (tertiary/aromatic N) is 3. The highest BCUT2D eigenvalue weighted by Crippen LogP contribution is 2.13. The summed E-state index contributed by atoms with van der Waals surface area (Å²) in [6.07, 6.45) is 5.90. The van der Waals surface area contributed by atoms with Crippen molar-refractivity contribution < 1.29 is 0 Å². The van der Waals surface area contributed by atoms with Crippen LogP contribution in [0, 0.1) is 0 Å². The van der Waals surface area contributed by atoms with Gasteiger partial charge in [0.2, 0.25) is 0 Å². The number of aliphatic imine (C=N–C) groups is 1. The molecule has 0 aliphatic rings. The molecule has 24 heavy (non-hydrogen) atoms. The average molecular weight is 479 g/mol. The molecule has 8 heteroatoms. The van der Waals surface area contributed by atoms with Crippen LogP contribution in [-0.4, -0.2) is 36.1 Å². The first-order chi connectivity index (χ1) is 11.2. The van der Waals surface area contributed by atoms with Gasteiger partial charge in [0.1, 0.15) is 0 Å². The van der Waals surface area contributed by atoms with Crippen molar-refractivity contribution in [3.8, 4) is 0 Å². The third-order valence-corrected chi connectivity index (χ3v) is 5.62. The Kier molecular flexibility index (Phi) is 10.4. The summed E-state index contributed by atoms with van der Waals surface area (Å²) in [5.74, 6) is 0.836. The third kappa shape index (κ3) is 7.02. The van der Waals surface area contributed by atoms with Gasteiger partial charge < -0.3 is 10.6 Å². The number of aromatic nitrogens is 2. The monoisotopic (exact) mass is 479 g/mol. The fourth-order valence-corrected chi connectivity index (χ4v) is 3.71. The van der Waals surface area contributed by atoms with Crippen molar-refractivity contribution in [2.45, 2.75) is 39.5 Å². The summed E-state index contributed by atoms with van der Waals surface area (Å²) >= 11 is 3.53. The van der Waals surface area contributed by atoms with Gasteiger partial charge in [0.15, 0.2) is 5.96 Å². The lowest BCUT2D eigenvalue weighted by atomic mass is 10.3. The number of nitrogens with one attached hydrogen (secondary N) is 2. The van der Waals surface area contributed by atoms with Crippen molar-refractivity contribution in [2.24, 2.45) is 4.99 Å². The summed E-state index contributed by atoms with van der Waals surface area (Å²) in [7, 11) is 1.80. The van der Waals surface area contributed by atoms with Gasteiger partial charge >= 0.3 is 0 Å². The van der Waals surface area contributed by atoms with Crippen LogP contribution in [0.2, 0.25) is 0 Å². The molecule has 0 aliphatic heterocycles. The van der Waals surface area contributed by atoms with Crippen LogP contribution in [-0.2, 0) is 25.7 Å². The lowest BCUT2D eigenvalue weighted by Crippen LogP contribution is -2.39. The smallest absolute Gasteiger partial charge is 0.191 e. The molecule has 0 atom stereocenters. The molecular formula is C16H26IN5S2. The van der Waals surface area contributed by atoms with Crippen LogP contribution in [0.1, 0.15) is 34.4 Å². The Labute approximate surface area is 169 Å². The fraction of sp³-hybridized carbons (Fsp3) is 0.562. The van der Waals surface area contributed by atoms with Crippen molar-refractivity contribution in [3.63, 3.8) is 0 Å². The molecule has 0 bridgehead atoms. The largest absolute Gasteiger partial charge is 0.356 e. The SMILES string of the molecule is CCc1cnc(CCNC(=NC)NCCc2csc(CC)n2)s1.I. The van der Waals surface area contributed by atoms with Gasteiger partial charge in [-0.1, -0.05) is 13.8 Å². The predicted octanol–water partition coefficient (Wildman–Crippen LogP) is 3.29. The third-order valence-electron chi connectivity index (χ3n) is 3.38. The van der Waals surface area contributed by atoms with Crippen molar-refractivity contribution in [1.29, 1.82) is 0 Å². The topological polar surface area (TPSA) is 62.2 Å². The Bertz CT molecular complexity index is 573. The van der Waals surface area contributed by atoms with Gasteiger partial charge in [-0.3, -0.25) is 4.99 Å². The molecular weight excluding hydrogens is 453 g/mol. The molecule has 134 valence electrons. The van der Waals surface area contributed by atoms with Crippen molar-refractivity contribution in [1.82, 2.24) is 20.6 Å². The zero-order valence-electron chi connectivity index (χ0n) is 14.5.